The third-order valence-corrected chi connectivity index (χ3v) is 2.36. The third kappa shape index (κ3) is 1.84. The first kappa shape index (κ1) is 9.23. The fourth-order valence-electron chi connectivity index (χ4n) is 1.40. The molecule has 1 atom stereocenters. The van der Waals surface area contributed by atoms with Crippen LogP contribution < -0.4 is 0 Å². The van der Waals surface area contributed by atoms with Crippen LogP contribution in [-0.4, -0.2) is 18.9 Å². The number of ether oxygens (including phenoxy) is 1. The van der Waals surface area contributed by atoms with Gasteiger partial charge in [-0.2, -0.15) is 0 Å². The average Bonchev–Trinajstić information content (AvgIpc) is 1.96. The number of aldehydes is 1. The second-order valence-corrected chi connectivity index (χ2v) is 3.10. The summed E-state index contributed by atoms with van der Waals surface area (Å²) in [6, 6.07) is 0. The van der Waals surface area contributed by atoms with Crippen LogP contribution in [0.2, 0.25) is 0 Å². The first-order valence-corrected chi connectivity index (χ1v) is 4.41. The standard InChI is InChI=1S/C9H14O3/c1-2-12-9(11)8(6-10)7-4-3-5-7/h6-8H,2-5H2,1H3/t8-/m1/s1. The van der Waals surface area contributed by atoms with Gasteiger partial charge in [-0.1, -0.05) is 6.42 Å². The zero-order valence-corrected chi connectivity index (χ0v) is 7.29. The summed E-state index contributed by atoms with van der Waals surface area (Å²) in [4.78, 5) is 21.7. The molecule has 0 amide bonds. The predicted molar refractivity (Wildman–Crippen MR) is 43.5 cm³/mol. The Bertz CT molecular complexity index is 173. The maximum atomic E-state index is 11.2. The van der Waals surface area contributed by atoms with Crippen LogP contribution in [0.5, 0.6) is 0 Å². The molecule has 0 bridgehead atoms. The molecule has 1 saturated carbocycles. The van der Waals surface area contributed by atoms with Gasteiger partial charge in [0.1, 0.15) is 12.2 Å². The van der Waals surface area contributed by atoms with Gasteiger partial charge < -0.3 is 9.53 Å². The molecule has 0 spiro atoms. The highest BCUT2D eigenvalue weighted by atomic mass is 16.5. The molecule has 12 heavy (non-hydrogen) atoms. The normalized spacial score (nSPS) is 19.4. The number of rotatable bonds is 4. The summed E-state index contributed by atoms with van der Waals surface area (Å²) in [6.07, 6.45) is 3.83. The Morgan fingerprint density at radius 1 is 1.67 bits per heavy atom. The van der Waals surface area contributed by atoms with E-state index in [4.69, 9.17) is 4.74 Å². The molecule has 0 saturated heterocycles. The topological polar surface area (TPSA) is 43.4 Å². The molecular weight excluding hydrogens is 156 g/mol. The number of carbonyl (C=O) groups is 2. The number of esters is 1. The van der Waals surface area contributed by atoms with Crippen LogP contribution in [0.15, 0.2) is 0 Å². The minimum absolute atomic E-state index is 0.251. The highest BCUT2D eigenvalue weighted by Gasteiger charge is 2.33. The summed E-state index contributed by atoms with van der Waals surface area (Å²) in [5.74, 6) is -0.600. The van der Waals surface area contributed by atoms with E-state index in [1.807, 2.05) is 0 Å². The van der Waals surface area contributed by atoms with Crippen LogP contribution in [0.3, 0.4) is 0 Å². The molecule has 1 aliphatic carbocycles. The minimum Gasteiger partial charge on any atom is -0.465 e. The van der Waals surface area contributed by atoms with Crippen LogP contribution in [0.4, 0.5) is 0 Å². The van der Waals surface area contributed by atoms with Crippen molar-refractivity contribution in [1.29, 1.82) is 0 Å². The second-order valence-electron chi connectivity index (χ2n) is 3.10. The largest absolute Gasteiger partial charge is 0.465 e. The van der Waals surface area contributed by atoms with Crippen molar-refractivity contribution < 1.29 is 14.3 Å². The molecule has 0 unspecified atom stereocenters. The Hall–Kier alpha value is -0.860. The van der Waals surface area contributed by atoms with Gasteiger partial charge in [0, 0.05) is 0 Å². The van der Waals surface area contributed by atoms with E-state index < -0.39 is 5.92 Å². The highest BCUT2D eigenvalue weighted by Crippen LogP contribution is 2.33. The van der Waals surface area contributed by atoms with E-state index in [0.29, 0.717) is 6.61 Å². The molecule has 0 aliphatic heterocycles. The van der Waals surface area contributed by atoms with E-state index in [1.54, 1.807) is 6.92 Å². The van der Waals surface area contributed by atoms with Crippen molar-refractivity contribution in [2.75, 3.05) is 6.61 Å². The van der Waals surface area contributed by atoms with Crippen LogP contribution >= 0.6 is 0 Å². The van der Waals surface area contributed by atoms with Gasteiger partial charge in [-0.05, 0) is 25.7 Å². The SMILES string of the molecule is CCOC(=O)[C@H](C=O)C1CCC1. The van der Waals surface area contributed by atoms with Crippen molar-refractivity contribution in [2.45, 2.75) is 26.2 Å². The van der Waals surface area contributed by atoms with Gasteiger partial charge in [0.15, 0.2) is 0 Å². The Balaban J connectivity index is 2.42. The van der Waals surface area contributed by atoms with Gasteiger partial charge in [-0.3, -0.25) is 4.79 Å². The van der Waals surface area contributed by atoms with Gasteiger partial charge in [0.2, 0.25) is 0 Å². The van der Waals surface area contributed by atoms with Crippen molar-refractivity contribution in [1.82, 2.24) is 0 Å². The van der Waals surface area contributed by atoms with Crippen LogP contribution in [0.1, 0.15) is 26.2 Å². The Kier molecular flexibility index (Phi) is 3.26. The fraction of sp³-hybridized carbons (Fsp3) is 0.778. The van der Waals surface area contributed by atoms with Crippen molar-refractivity contribution >= 4 is 12.3 Å². The lowest BCUT2D eigenvalue weighted by Crippen LogP contribution is -2.31. The third-order valence-electron chi connectivity index (χ3n) is 2.36. The molecule has 0 radical (unpaired) electrons. The molecule has 3 heteroatoms. The fourth-order valence-corrected chi connectivity index (χ4v) is 1.40. The molecule has 1 fully saturated rings. The molecule has 0 aromatic heterocycles. The molecule has 0 heterocycles. The lowest BCUT2D eigenvalue weighted by Gasteiger charge is -2.28. The molecule has 1 rings (SSSR count). The summed E-state index contributed by atoms with van der Waals surface area (Å²) in [5, 5.41) is 0. The summed E-state index contributed by atoms with van der Waals surface area (Å²) < 4.78 is 4.78. The van der Waals surface area contributed by atoms with Crippen LogP contribution in [0.25, 0.3) is 0 Å². The molecule has 3 nitrogen and oxygen atoms in total. The minimum atomic E-state index is -0.501. The monoisotopic (exact) mass is 170 g/mol. The first-order chi connectivity index (χ1) is 5.79. The van der Waals surface area contributed by atoms with Crippen LogP contribution in [0, 0.1) is 11.8 Å². The summed E-state index contributed by atoms with van der Waals surface area (Å²) >= 11 is 0. The molecule has 1 aliphatic rings. The van der Waals surface area contributed by atoms with Gasteiger partial charge in [0.25, 0.3) is 0 Å². The Labute approximate surface area is 72.1 Å². The Morgan fingerprint density at radius 3 is 2.67 bits per heavy atom. The summed E-state index contributed by atoms with van der Waals surface area (Å²) in [7, 11) is 0. The summed E-state index contributed by atoms with van der Waals surface area (Å²) in [5.41, 5.74) is 0. The Morgan fingerprint density at radius 2 is 2.33 bits per heavy atom. The number of carbonyl (C=O) groups excluding carboxylic acids is 2. The maximum Gasteiger partial charge on any atom is 0.316 e. The zero-order chi connectivity index (χ0) is 8.97. The summed E-state index contributed by atoms with van der Waals surface area (Å²) in [6.45, 7) is 2.11. The first-order valence-electron chi connectivity index (χ1n) is 4.41. The molecule has 0 aromatic rings. The van der Waals surface area contributed by atoms with Crippen molar-refractivity contribution in [3.05, 3.63) is 0 Å². The van der Waals surface area contributed by atoms with Crippen molar-refractivity contribution in [3.8, 4) is 0 Å². The van der Waals surface area contributed by atoms with E-state index in [9.17, 15) is 9.59 Å². The van der Waals surface area contributed by atoms with Gasteiger partial charge >= 0.3 is 5.97 Å². The van der Waals surface area contributed by atoms with E-state index in [-0.39, 0.29) is 11.9 Å². The van der Waals surface area contributed by atoms with Crippen molar-refractivity contribution in [3.63, 3.8) is 0 Å². The molecule has 0 N–H and O–H groups in total. The number of hydrogen-bond donors (Lipinski definition) is 0. The van der Waals surface area contributed by atoms with Crippen molar-refractivity contribution in [2.24, 2.45) is 11.8 Å². The van der Waals surface area contributed by atoms with Gasteiger partial charge in [-0.15, -0.1) is 0 Å². The van der Waals surface area contributed by atoms with E-state index in [1.165, 1.54) is 0 Å². The van der Waals surface area contributed by atoms with E-state index >= 15 is 0 Å². The number of hydrogen-bond acceptors (Lipinski definition) is 3. The van der Waals surface area contributed by atoms with Gasteiger partial charge in [-0.25, -0.2) is 0 Å². The maximum absolute atomic E-state index is 11.2. The lowest BCUT2D eigenvalue weighted by atomic mass is 9.76. The smallest absolute Gasteiger partial charge is 0.316 e. The quantitative estimate of drug-likeness (QED) is 0.361. The zero-order valence-electron chi connectivity index (χ0n) is 7.29. The highest BCUT2D eigenvalue weighted by molar-refractivity contribution is 5.88. The lowest BCUT2D eigenvalue weighted by molar-refractivity contribution is -0.152. The molecule has 68 valence electrons. The average molecular weight is 170 g/mol. The molecule has 0 aromatic carbocycles. The van der Waals surface area contributed by atoms with E-state index in [0.717, 1.165) is 25.5 Å². The van der Waals surface area contributed by atoms with Gasteiger partial charge in [0.05, 0.1) is 6.61 Å². The molecular formula is C9H14O3. The van der Waals surface area contributed by atoms with E-state index in [2.05, 4.69) is 0 Å². The second kappa shape index (κ2) is 4.24. The predicted octanol–water partition coefficient (Wildman–Crippen LogP) is 1.16. The van der Waals surface area contributed by atoms with Crippen LogP contribution in [-0.2, 0) is 14.3 Å².